The van der Waals surface area contributed by atoms with Gasteiger partial charge >= 0.3 is 11.9 Å². The van der Waals surface area contributed by atoms with Crippen LogP contribution in [0.5, 0.6) is 0 Å². The van der Waals surface area contributed by atoms with E-state index in [4.69, 9.17) is 9.47 Å². The van der Waals surface area contributed by atoms with Crippen molar-refractivity contribution in [2.24, 2.45) is 35.5 Å². The Morgan fingerprint density at radius 2 is 1.96 bits per heavy atom. The number of carbonyl (C=O) groups excluding carboxylic acids is 3. The minimum Gasteiger partial charge on any atom is -0.469 e. The molecule has 2 bridgehead atoms. The van der Waals surface area contributed by atoms with Crippen LogP contribution in [-0.4, -0.2) is 42.1 Å². The van der Waals surface area contributed by atoms with E-state index >= 15 is 0 Å². The van der Waals surface area contributed by atoms with Crippen molar-refractivity contribution in [3.63, 3.8) is 0 Å². The molecule has 27 heavy (non-hydrogen) atoms. The fourth-order valence-electron chi connectivity index (χ4n) is 5.67. The van der Waals surface area contributed by atoms with E-state index in [-0.39, 0.29) is 65.7 Å². The first kappa shape index (κ1) is 18.4. The lowest BCUT2D eigenvalue weighted by molar-refractivity contribution is -0.153. The SMILES string of the molecule is COC(=O)C1C(C)CC2C3C=C4C(=O)CC(CC(O)CC3C=CC21)OC4=O. The van der Waals surface area contributed by atoms with Gasteiger partial charge in [0.2, 0.25) is 0 Å². The van der Waals surface area contributed by atoms with Crippen molar-refractivity contribution >= 4 is 17.7 Å². The average molecular weight is 374 g/mol. The Kier molecular flexibility index (Phi) is 4.70. The van der Waals surface area contributed by atoms with Crippen LogP contribution in [0.3, 0.4) is 0 Å². The van der Waals surface area contributed by atoms with Crippen molar-refractivity contribution in [1.29, 1.82) is 0 Å². The summed E-state index contributed by atoms with van der Waals surface area (Å²) in [6, 6.07) is 0. The molecule has 0 aromatic rings. The zero-order valence-electron chi connectivity index (χ0n) is 15.7. The normalized spacial score (nSPS) is 43.4. The molecular formula is C21H26O6. The Hall–Kier alpha value is -1.95. The molecule has 8 unspecified atom stereocenters. The van der Waals surface area contributed by atoms with Gasteiger partial charge < -0.3 is 14.6 Å². The number of Topliss-reactive ketones (excluding diaryl/α,β-unsaturated/α-hetero) is 1. The van der Waals surface area contributed by atoms with Gasteiger partial charge in [0.05, 0.1) is 24.7 Å². The lowest BCUT2D eigenvalue weighted by Gasteiger charge is -2.38. The van der Waals surface area contributed by atoms with E-state index < -0.39 is 18.2 Å². The van der Waals surface area contributed by atoms with Gasteiger partial charge in [-0.15, -0.1) is 0 Å². The molecule has 2 fully saturated rings. The van der Waals surface area contributed by atoms with Gasteiger partial charge in [-0.25, -0.2) is 4.79 Å². The fraction of sp³-hybridized carbons (Fsp3) is 0.667. The van der Waals surface area contributed by atoms with E-state index in [9.17, 15) is 19.5 Å². The third-order valence-electron chi connectivity index (χ3n) is 6.85. The van der Waals surface area contributed by atoms with Gasteiger partial charge in [-0.1, -0.05) is 25.2 Å². The maximum Gasteiger partial charge on any atom is 0.341 e. The van der Waals surface area contributed by atoms with Gasteiger partial charge in [-0.2, -0.15) is 0 Å². The summed E-state index contributed by atoms with van der Waals surface area (Å²) in [5.41, 5.74) is 0.140. The standard InChI is InChI=1S/C21H26O6/c1-10-5-16-14(19(10)21(25)26-2)4-3-11-6-12(22)7-13-8-18(23)17(9-15(11)16)20(24)27-13/h3-4,9-16,19,22H,5-8H2,1-2H3. The van der Waals surface area contributed by atoms with Crippen molar-refractivity contribution in [3.8, 4) is 0 Å². The van der Waals surface area contributed by atoms with Gasteiger partial charge in [-0.05, 0) is 42.4 Å². The maximum absolute atomic E-state index is 12.5. The molecule has 1 saturated heterocycles. The van der Waals surface area contributed by atoms with Crippen LogP contribution in [0.25, 0.3) is 0 Å². The lowest BCUT2D eigenvalue weighted by Crippen LogP contribution is -2.39. The number of aliphatic hydroxyl groups is 1. The molecule has 0 aromatic carbocycles. The summed E-state index contributed by atoms with van der Waals surface area (Å²) >= 11 is 0. The first-order chi connectivity index (χ1) is 12.9. The summed E-state index contributed by atoms with van der Waals surface area (Å²) in [6.45, 7) is 2.05. The molecule has 6 nitrogen and oxygen atoms in total. The first-order valence-electron chi connectivity index (χ1n) is 9.79. The zero-order chi connectivity index (χ0) is 19.3. The summed E-state index contributed by atoms with van der Waals surface area (Å²) in [5, 5.41) is 10.5. The summed E-state index contributed by atoms with van der Waals surface area (Å²) in [6.07, 6.45) is 6.56. The first-order valence-corrected chi connectivity index (χ1v) is 9.79. The van der Waals surface area contributed by atoms with Crippen LogP contribution in [0.2, 0.25) is 0 Å². The van der Waals surface area contributed by atoms with Crippen molar-refractivity contribution in [2.45, 2.75) is 44.8 Å². The van der Waals surface area contributed by atoms with Crippen LogP contribution in [0, 0.1) is 35.5 Å². The van der Waals surface area contributed by atoms with Crippen LogP contribution >= 0.6 is 0 Å². The van der Waals surface area contributed by atoms with Crippen molar-refractivity contribution in [3.05, 3.63) is 23.8 Å². The minimum atomic E-state index is -0.632. The van der Waals surface area contributed by atoms with Gasteiger partial charge in [0.1, 0.15) is 6.10 Å². The number of methoxy groups -OCH3 is 1. The second-order valence-electron chi connectivity index (χ2n) is 8.49. The Balaban J connectivity index is 1.74. The highest BCUT2D eigenvalue weighted by Crippen LogP contribution is 2.52. The summed E-state index contributed by atoms with van der Waals surface area (Å²) < 4.78 is 10.4. The molecular weight excluding hydrogens is 348 g/mol. The Labute approximate surface area is 158 Å². The third-order valence-corrected chi connectivity index (χ3v) is 6.85. The molecule has 2 aliphatic heterocycles. The van der Waals surface area contributed by atoms with Crippen LogP contribution in [-0.2, 0) is 23.9 Å². The average Bonchev–Trinajstić information content (AvgIpc) is 2.94. The highest BCUT2D eigenvalue weighted by Gasteiger charge is 2.50. The van der Waals surface area contributed by atoms with E-state index in [0.717, 1.165) is 6.42 Å². The van der Waals surface area contributed by atoms with Crippen LogP contribution < -0.4 is 0 Å². The molecule has 6 heteroatoms. The van der Waals surface area contributed by atoms with Crippen LogP contribution in [0.15, 0.2) is 23.8 Å². The van der Waals surface area contributed by atoms with Gasteiger partial charge in [0.15, 0.2) is 5.78 Å². The van der Waals surface area contributed by atoms with Crippen molar-refractivity contribution < 1.29 is 29.0 Å². The largest absolute Gasteiger partial charge is 0.469 e. The Morgan fingerprint density at radius 1 is 1.19 bits per heavy atom. The fourth-order valence-corrected chi connectivity index (χ4v) is 5.67. The number of ether oxygens (including phenoxy) is 2. The van der Waals surface area contributed by atoms with E-state index in [2.05, 4.69) is 19.1 Å². The number of hydrogen-bond acceptors (Lipinski definition) is 6. The van der Waals surface area contributed by atoms with E-state index in [1.165, 1.54) is 7.11 Å². The highest BCUT2D eigenvalue weighted by molar-refractivity contribution is 6.18. The number of hydrogen-bond donors (Lipinski definition) is 1. The molecule has 8 atom stereocenters. The summed E-state index contributed by atoms with van der Waals surface area (Å²) in [5.74, 6) is -0.921. The Bertz CT molecular complexity index is 702. The molecule has 0 radical (unpaired) electrons. The number of allylic oxidation sites excluding steroid dienone is 3. The topological polar surface area (TPSA) is 89.9 Å². The molecule has 5 rings (SSSR count). The number of aliphatic hydroxyl groups excluding tert-OH is 1. The van der Waals surface area contributed by atoms with E-state index in [1.807, 2.05) is 0 Å². The van der Waals surface area contributed by atoms with Gasteiger partial charge in [0, 0.05) is 12.8 Å². The Morgan fingerprint density at radius 3 is 2.67 bits per heavy atom. The third kappa shape index (κ3) is 3.14. The van der Waals surface area contributed by atoms with Crippen molar-refractivity contribution in [1.82, 2.24) is 0 Å². The van der Waals surface area contributed by atoms with Gasteiger partial charge in [-0.3, -0.25) is 9.59 Å². The van der Waals surface area contributed by atoms with Gasteiger partial charge in [0.25, 0.3) is 0 Å². The van der Waals surface area contributed by atoms with Crippen LogP contribution in [0.1, 0.15) is 32.6 Å². The molecule has 0 spiro atoms. The number of carbonyl (C=O) groups is 3. The van der Waals surface area contributed by atoms with Crippen molar-refractivity contribution in [2.75, 3.05) is 7.11 Å². The molecule has 5 aliphatic rings. The quantitative estimate of drug-likeness (QED) is 0.428. The van der Waals surface area contributed by atoms with Crippen LogP contribution in [0.4, 0.5) is 0 Å². The molecule has 1 saturated carbocycles. The predicted molar refractivity (Wildman–Crippen MR) is 95.2 cm³/mol. The number of esters is 2. The molecule has 146 valence electrons. The number of ketones is 1. The number of fused-ring (bicyclic) bond motifs is 5. The second kappa shape index (κ2) is 6.89. The zero-order valence-corrected chi connectivity index (χ0v) is 15.7. The monoisotopic (exact) mass is 374 g/mol. The maximum atomic E-state index is 12.5. The minimum absolute atomic E-state index is 0.0214. The van der Waals surface area contributed by atoms with E-state index in [1.54, 1.807) is 6.08 Å². The van der Waals surface area contributed by atoms with E-state index in [0.29, 0.717) is 6.42 Å². The molecule has 2 heterocycles. The summed E-state index contributed by atoms with van der Waals surface area (Å²) in [4.78, 5) is 37.2. The highest BCUT2D eigenvalue weighted by atomic mass is 16.5. The molecule has 3 aliphatic carbocycles. The second-order valence-corrected chi connectivity index (χ2v) is 8.49. The predicted octanol–water partition coefficient (Wildman–Crippen LogP) is 1.82. The summed E-state index contributed by atoms with van der Waals surface area (Å²) in [7, 11) is 1.41. The molecule has 1 N–H and O–H groups in total. The lowest BCUT2D eigenvalue weighted by atomic mass is 9.67. The molecule has 0 amide bonds. The number of rotatable bonds is 1. The smallest absolute Gasteiger partial charge is 0.341 e. The molecule has 0 aromatic heterocycles.